The Morgan fingerprint density at radius 1 is 0.966 bits per heavy atom. The highest BCUT2D eigenvalue weighted by atomic mass is 16.5. The molecule has 0 fully saturated rings. The average molecular weight is 392 g/mol. The van der Waals surface area contributed by atoms with E-state index in [-0.39, 0.29) is 17.7 Å². The molecule has 2 N–H and O–H groups in total. The number of benzene rings is 2. The van der Waals surface area contributed by atoms with Crippen molar-refractivity contribution in [3.05, 3.63) is 72.6 Å². The van der Waals surface area contributed by atoms with Crippen LogP contribution in [0, 0.1) is 0 Å². The first kappa shape index (κ1) is 20.0. The number of carbonyl (C=O) groups is 2. The molecule has 1 unspecified atom stereocenters. The fourth-order valence-corrected chi connectivity index (χ4v) is 2.60. The van der Waals surface area contributed by atoms with Crippen molar-refractivity contribution in [2.75, 3.05) is 17.7 Å². The minimum atomic E-state index is -0.708. The minimum Gasteiger partial charge on any atom is -0.439 e. The zero-order chi connectivity index (χ0) is 20.6. The summed E-state index contributed by atoms with van der Waals surface area (Å²) in [5.41, 5.74) is 1.37. The number of methoxy groups -OCH3 is 1. The molecule has 148 valence electrons. The summed E-state index contributed by atoms with van der Waals surface area (Å²) in [6, 6.07) is 17.6. The van der Waals surface area contributed by atoms with Crippen LogP contribution in [-0.4, -0.2) is 28.9 Å². The normalized spacial score (nSPS) is 11.4. The van der Waals surface area contributed by atoms with Gasteiger partial charge in [-0.25, -0.2) is 9.97 Å². The predicted octanol–water partition coefficient (Wildman–Crippen LogP) is 3.55. The summed E-state index contributed by atoms with van der Waals surface area (Å²) < 4.78 is 11.0. The van der Waals surface area contributed by atoms with Gasteiger partial charge in [-0.1, -0.05) is 30.3 Å². The fraction of sp³-hybridized carbons (Fsp3) is 0.143. The van der Waals surface area contributed by atoms with E-state index >= 15 is 0 Å². The lowest BCUT2D eigenvalue weighted by atomic mass is 10.1. The number of anilines is 2. The summed E-state index contributed by atoms with van der Waals surface area (Å²) in [4.78, 5) is 31.6. The largest absolute Gasteiger partial charge is 0.439 e. The Bertz CT molecular complexity index is 977. The second-order valence-corrected chi connectivity index (χ2v) is 6.06. The Kier molecular flexibility index (Phi) is 6.49. The van der Waals surface area contributed by atoms with Crippen LogP contribution in [0.3, 0.4) is 0 Å². The number of nitrogens with zero attached hydrogens (tertiary/aromatic N) is 2. The lowest BCUT2D eigenvalue weighted by Gasteiger charge is -2.16. The molecule has 3 rings (SSSR count). The van der Waals surface area contributed by atoms with Gasteiger partial charge < -0.3 is 20.1 Å². The van der Waals surface area contributed by atoms with Gasteiger partial charge in [-0.2, -0.15) is 0 Å². The van der Waals surface area contributed by atoms with Crippen molar-refractivity contribution in [2.45, 2.75) is 13.0 Å². The highest BCUT2D eigenvalue weighted by Gasteiger charge is 2.19. The molecule has 8 heteroatoms. The minimum absolute atomic E-state index is 0.236. The maximum Gasteiger partial charge on any atom is 0.258 e. The summed E-state index contributed by atoms with van der Waals surface area (Å²) in [7, 11) is 1.49. The van der Waals surface area contributed by atoms with Gasteiger partial charge in [0.2, 0.25) is 11.8 Å². The fourth-order valence-electron chi connectivity index (χ4n) is 2.60. The molecule has 2 aromatic carbocycles. The van der Waals surface area contributed by atoms with E-state index < -0.39 is 6.10 Å². The summed E-state index contributed by atoms with van der Waals surface area (Å²) in [6.45, 7) is 1.39. The molecular weight excluding hydrogens is 372 g/mol. The van der Waals surface area contributed by atoms with Crippen LogP contribution < -0.4 is 15.4 Å². The Hall–Kier alpha value is -3.78. The van der Waals surface area contributed by atoms with E-state index in [9.17, 15) is 9.59 Å². The molecule has 0 saturated heterocycles. The van der Waals surface area contributed by atoms with Crippen molar-refractivity contribution in [3.63, 3.8) is 0 Å². The molecule has 0 saturated carbocycles. The van der Waals surface area contributed by atoms with Gasteiger partial charge in [0.05, 0.1) is 0 Å². The number of amides is 2. The third-order valence-corrected chi connectivity index (χ3v) is 3.87. The van der Waals surface area contributed by atoms with Gasteiger partial charge in [0, 0.05) is 25.8 Å². The molecule has 0 aliphatic rings. The van der Waals surface area contributed by atoms with Crippen molar-refractivity contribution in [1.29, 1.82) is 0 Å². The van der Waals surface area contributed by atoms with Crippen LogP contribution in [0.5, 0.6) is 11.6 Å². The highest BCUT2D eigenvalue weighted by molar-refractivity contribution is 5.94. The first-order chi connectivity index (χ1) is 14.0. The molecule has 0 aliphatic carbocycles. The first-order valence-corrected chi connectivity index (χ1v) is 8.81. The lowest BCUT2D eigenvalue weighted by molar-refractivity contribution is -0.126. The number of aromatic nitrogens is 2. The van der Waals surface area contributed by atoms with Gasteiger partial charge in [-0.05, 0) is 29.8 Å². The number of nitrogens with one attached hydrogen (secondary N) is 2. The second kappa shape index (κ2) is 9.43. The summed E-state index contributed by atoms with van der Waals surface area (Å²) >= 11 is 0. The third kappa shape index (κ3) is 5.60. The molecular formula is C21H20N4O4. The summed E-state index contributed by atoms with van der Waals surface area (Å²) in [5.74, 6) is 0.631. The summed E-state index contributed by atoms with van der Waals surface area (Å²) in [5, 5.41) is 5.38. The van der Waals surface area contributed by atoms with Crippen LogP contribution in [0.15, 0.2) is 67.0 Å². The SMILES string of the molecule is COC(C(=O)Nc1ccc(Oc2cc(NC(C)=O)ncn2)cc1)c1ccccc1. The molecule has 0 radical (unpaired) electrons. The van der Waals surface area contributed by atoms with E-state index in [1.54, 1.807) is 24.3 Å². The van der Waals surface area contributed by atoms with E-state index in [0.717, 1.165) is 5.56 Å². The molecule has 0 spiro atoms. The number of hydrogen-bond acceptors (Lipinski definition) is 6. The van der Waals surface area contributed by atoms with E-state index in [0.29, 0.717) is 17.3 Å². The smallest absolute Gasteiger partial charge is 0.258 e. The van der Waals surface area contributed by atoms with Crippen LogP contribution in [0.4, 0.5) is 11.5 Å². The van der Waals surface area contributed by atoms with Crippen molar-refractivity contribution >= 4 is 23.3 Å². The molecule has 8 nitrogen and oxygen atoms in total. The van der Waals surface area contributed by atoms with Crippen LogP contribution >= 0.6 is 0 Å². The molecule has 1 atom stereocenters. The molecule has 1 heterocycles. The molecule has 2 amide bonds. The van der Waals surface area contributed by atoms with Gasteiger partial charge in [-0.3, -0.25) is 9.59 Å². The zero-order valence-corrected chi connectivity index (χ0v) is 16.0. The van der Waals surface area contributed by atoms with Gasteiger partial charge in [0.15, 0.2) is 6.10 Å². The summed E-state index contributed by atoms with van der Waals surface area (Å²) in [6.07, 6.45) is 0.587. The van der Waals surface area contributed by atoms with Crippen LogP contribution in [0.1, 0.15) is 18.6 Å². The third-order valence-electron chi connectivity index (χ3n) is 3.87. The van der Waals surface area contributed by atoms with Crippen LogP contribution in [0.25, 0.3) is 0 Å². The Morgan fingerprint density at radius 2 is 1.69 bits per heavy atom. The van der Waals surface area contributed by atoms with Gasteiger partial charge >= 0.3 is 0 Å². The predicted molar refractivity (Wildman–Crippen MR) is 108 cm³/mol. The number of carbonyl (C=O) groups excluding carboxylic acids is 2. The van der Waals surface area contributed by atoms with Gasteiger partial charge in [0.1, 0.15) is 17.9 Å². The Morgan fingerprint density at radius 3 is 2.34 bits per heavy atom. The monoisotopic (exact) mass is 392 g/mol. The topological polar surface area (TPSA) is 102 Å². The standard InChI is InChI=1S/C21H20N4O4/c1-14(26)24-18-12-19(23-13-22-18)29-17-10-8-16(9-11-17)25-21(27)20(28-2)15-6-4-3-5-7-15/h3-13,20H,1-2H3,(H,25,27)(H,22,23,24,26). The maximum atomic E-state index is 12.5. The first-order valence-electron chi connectivity index (χ1n) is 8.81. The van der Waals surface area contributed by atoms with E-state index in [1.807, 2.05) is 30.3 Å². The number of hydrogen-bond donors (Lipinski definition) is 2. The zero-order valence-electron chi connectivity index (χ0n) is 16.0. The van der Waals surface area contributed by atoms with E-state index in [1.165, 1.54) is 26.4 Å². The van der Waals surface area contributed by atoms with E-state index in [2.05, 4.69) is 20.6 Å². The van der Waals surface area contributed by atoms with Crippen molar-refractivity contribution in [2.24, 2.45) is 0 Å². The molecule has 3 aromatic rings. The quantitative estimate of drug-likeness (QED) is 0.637. The Labute approximate surface area is 167 Å². The number of ether oxygens (including phenoxy) is 2. The maximum absolute atomic E-state index is 12.5. The molecule has 0 aliphatic heterocycles. The van der Waals surface area contributed by atoms with Gasteiger partial charge in [0.25, 0.3) is 5.91 Å². The molecule has 29 heavy (non-hydrogen) atoms. The number of rotatable bonds is 7. The highest BCUT2D eigenvalue weighted by Crippen LogP contribution is 2.24. The van der Waals surface area contributed by atoms with Crippen LogP contribution in [0.2, 0.25) is 0 Å². The Balaban J connectivity index is 1.64. The van der Waals surface area contributed by atoms with Crippen molar-refractivity contribution in [3.8, 4) is 11.6 Å². The second-order valence-electron chi connectivity index (χ2n) is 6.06. The average Bonchev–Trinajstić information content (AvgIpc) is 2.71. The van der Waals surface area contributed by atoms with Crippen molar-refractivity contribution in [1.82, 2.24) is 9.97 Å². The molecule has 0 bridgehead atoms. The molecule has 1 aromatic heterocycles. The van der Waals surface area contributed by atoms with E-state index in [4.69, 9.17) is 9.47 Å². The van der Waals surface area contributed by atoms with Crippen molar-refractivity contribution < 1.29 is 19.1 Å². The van der Waals surface area contributed by atoms with Gasteiger partial charge in [-0.15, -0.1) is 0 Å². The lowest BCUT2D eigenvalue weighted by Crippen LogP contribution is -2.22. The van der Waals surface area contributed by atoms with Crippen LogP contribution in [-0.2, 0) is 14.3 Å².